The first-order chi connectivity index (χ1) is 8.52. The Morgan fingerprint density at radius 3 is 2.83 bits per heavy atom. The monoisotopic (exact) mass is 290 g/mol. The molecule has 1 rings (SSSR count). The van der Waals surface area contributed by atoms with Crippen molar-refractivity contribution in [1.29, 1.82) is 0 Å². The molecule has 3 N–H and O–H groups in total. The molecule has 1 aromatic heterocycles. The highest BCUT2D eigenvalue weighted by Crippen LogP contribution is 2.26. The van der Waals surface area contributed by atoms with E-state index in [1.165, 1.54) is 11.3 Å². The van der Waals surface area contributed by atoms with E-state index in [2.05, 4.69) is 10.6 Å². The van der Waals surface area contributed by atoms with Gasteiger partial charge in [0.15, 0.2) is 0 Å². The van der Waals surface area contributed by atoms with Crippen LogP contribution in [0.15, 0.2) is 12.1 Å². The highest BCUT2D eigenvalue weighted by atomic mass is 35.5. The van der Waals surface area contributed by atoms with E-state index in [0.717, 1.165) is 11.3 Å². The van der Waals surface area contributed by atoms with Crippen molar-refractivity contribution in [1.82, 2.24) is 10.6 Å². The summed E-state index contributed by atoms with van der Waals surface area (Å²) in [6, 6.07) is 3.33. The molecule has 18 heavy (non-hydrogen) atoms. The van der Waals surface area contributed by atoms with E-state index in [4.69, 9.17) is 11.6 Å². The second kappa shape index (κ2) is 7.61. The molecule has 0 bridgehead atoms. The van der Waals surface area contributed by atoms with Crippen molar-refractivity contribution in [2.24, 2.45) is 0 Å². The van der Waals surface area contributed by atoms with Crippen LogP contribution in [0.25, 0.3) is 0 Å². The molecule has 0 aromatic carbocycles. The van der Waals surface area contributed by atoms with Crippen LogP contribution in [0.2, 0.25) is 4.34 Å². The second-order valence-corrected chi connectivity index (χ2v) is 5.91. The van der Waals surface area contributed by atoms with Gasteiger partial charge in [-0.1, -0.05) is 24.9 Å². The number of thiophene rings is 1. The summed E-state index contributed by atoms with van der Waals surface area (Å²) in [7, 11) is 0. The summed E-state index contributed by atoms with van der Waals surface area (Å²) in [6.45, 7) is 4.16. The van der Waals surface area contributed by atoms with Crippen molar-refractivity contribution >= 4 is 29.0 Å². The highest BCUT2D eigenvalue weighted by molar-refractivity contribution is 7.16. The Kier molecular flexibility index (Phi) is 6.46. The fourth-order valence-corrected chi connectivity index (χ4v) is 2.59. The van der Waals surface area contributed by atoms with Gasteiger partial charge in [-0.25, -0.2) is 4.79 Å². The van der Waals surface area contributed by atoms with Gasteiger partial charge in [-0.05, 0) is 25.5 Å². The van der Waals surface area contributed by atoms with E-state index in [1.54, 1.807) is 0 Å². The molecule has 0 saturated heterocycles. The third kappa shape index (κ3) is 5.25. The Balaban J connectivity index is 2.31. The Hall–Kier alpha value is -0.780. The topological polar surface area (TPSA) is 61.4 Å². The first kappa shape index (κ1) is 15.3. The Morgan fingerprint density at radius 2 is 2.28 bits per heavy atom. The third-order valence-corrected chi connectivity index (χ3v) is 3.90. The number of urea groups is 1. The smallest absolute Gasteiger partial charge is 0.315 e. The van der Waals surface area contributed by atoms with Crippen molar-refractivity contribution < 1.29 is 9.90 Å². The number of rotatable bonds is 6. The lowest BCUT2D eigenvalue weighted by Gasteiger charge is -2.15. The van der Waals surface area contributed by atoms with Crippen LogP contribution in [0.4, 0.5) is 4.79 Å². The number of halogens is 1. The average Bonchev–Trinajstić information content (AvgIpc) is 2.74. The van der Waals surface area contributed by atoms with E-state index < -0.39 is 6.10 Å². The normalized spacial score (nSPS) is 14.0. The van der Waals surface area contributed by atoms with Crippen LogP contribution in [0, 0.1) is 0 Å². The molecule has 0 saturated carbocycles. The molecule has 0 fully saturated rings. The van der Waals surface area contributed by atoms with E-state index in [-0.39, 0.29) is 18.6 Å². The Bertz CT molecular complexity index is 384. The molecule has 1 aromatic rings. The summed E-state index contributed by atoms with van der Waals surface area (Å²) in [5.41, 5.74) is 0. The van der Waals surface area contributed by atoms with Gasteiger partial charge in [0.05, 0.1) is 16.5 Å². The first-order valence-electron chi connectivity index (χ1n) is 6.00. The van der Waals surface area contributed by atoms with Crippen LogP contribution in [0.1, 0.15) is 37.6 Å². The van der Waals surface area contributed by atoms with Gasteiger partial charge in [-0.3, -0.25) is 0 Å². The zero-order valence-corrected chi connectivity index (χ0v) is 12.1. The van der Waals surface area contributed by atoms with Gasteiger partial charge in [0.2, 0.25) is 0 Å². The number of carbonyl (C=O) groups excluding carboxylic acids is 1. The third-order valence-electron chi connectivity index (χ3n) is 2.49. The van der Waals surface area contributed by atoms with Gasteiger partial charge in [-0.15, -0.1) is 11.3 Å². The Labute approximate surface area is 116 Å². The summed E-state index contributed by atoms with van der Waals surface area (Å²) in [5.74, 6) is 0. The molecular formula is C12H19ClN2O2S. The molecule has 0 radical (unpaired) electrons. The first-order valence-corrected chi connectivity index (χ1v) is 7.20. The molecule has 1 heterocycles. The lowest BCUT2D eigenvalue weighted by atomic mass is 10.2. The van der Waals surface area contributed by atoms with Crippen LogP contribution in [0.5, 0.6) is 0 Å². The summed E-state index contributed by atoms with van der Waals surface area (Å²) in [5, 5.41) is 14.9. The zero-order chi connectivity index (χ0) is 13.5. The van der Waals surface area contributed by atoms with E-state index in [9.17, 15) is 9.90 Å². The predicted molar refractivity (Wildman–Crippen MR) is 75.2 cm³/mol. The molecule has 2 amide bonds. The number of nitrogens with one attached hydrogen (secondary N) is 2. The molecule has 0 aliphatic carbocycles. The highest BCUT2D eigenvalue weighted by Gasteiger charge is 2.12. The molecule has 102 valence electrons. The van der Waals surface area contributed by atoms with Gasteiger partial charge < -0.3 is 15.7 Å². The van der Waals surface area contributed by atoms with Crippen LogP contribution in [0.3, 0.4) is 0 Å². The lowest BCUT2D eigenvalue weighted by Crippen LogP contribution is -2.40. The molecular weight excluding hydrogens is 272 g/mol. The van der Waals surface area contributed by atoms with Gasteiger partial charge in [0, 0.05) is 11.4 Å². The van der Waals surface area contributed by atoms with Crippen molar-refractivity contribution in [2.75, 3.05) is 6.54 Å². The van der Waals surface area contributed by atoms with E-state index in [0.29, 0.717) is 10.8 Å². The minimum atomic E-state index is -0.479. The number of aliphatic hydroxyl groups excluding tert-OH is 1. The quantitative estimate of drug-likeness (QED) is 0.754. The van der Waals surface area contributed by atoms with Gasteiger partial charge >= 0.3 is 6.03 Å². The number of aliphatic hydroxyl groups is 1. The van der Waals surface area contributed by atoms with Crippen LogP contribution < -0.4 is 10.6 Å². The van der Waals surface area contributed by atoms with Crippen LogP contribution in [-0.2, 0) is 0 Å². The molecule has 2 unspecified atom stereocenters. The molecule has 2 atom stereocenters. The van der Waals surface area contributed by atoms with Gasteiger partial charge in [0.1, 0.15) is 0 Å². The molecule has 6 heteroatoms. The fourth-order valence-electron chi connectivity index (χ4n) is 1.53. The molecule has 0 spiro atoms. The fraction of sp³-hybridized carbons (Fsp3) is 0.583. The largest absolute Gasteiger partial charge is 0.391 e. The van der Waals surface area contributed by atoms with Crippen LogP contribution in [-0.4, -0.2) is 23.8 Å². The van der Waals surface area contributed by atoms with Crippen LogP contribution >= 0.6 is 22.9 Å². The lowest BCUT2D eigenvalue weighted by molar-refractivity contribution is 0.160. The van der Waals surface area contributed by atoms with Gasteiger partial charge in [0.25, 0.3) is 0 Å². The standard InChI is InChI=1S/C12H19ClN2O2S/c1-3-4-9(16)7-14-12(17)15-8(2)10-5-6-11(13)18-10/h5-6,8-9,16H,3-4,7H2,1-2H3,(H2,14,15,17). The van der Waals surface area contributed by atoms with Crippen molar-refractivity contribution in [3.05, 3.63) is 21.3 Å². The maximum absolute atomic E-state index is 11.6. The van der Waals surface area contributed by atoms with E-state index in [1.807, 2.05) is 26.0 Å². The summed E-state index contributed by atoms with van der Waals surface area (Å²) in [4.78, 5) is 12.6. The molecule has 0 aliphatic rings. The van der Waals surface area contributed by atoms with Gasteiger partial charge in [-0.2, -0.15) is 0 Å². The van der Waals surface area contributed by atoms with Crippen molar-refractivity contribution in [2.45, 2.75) is 38.8 Å². The number of hydrogen-bond acceptors (Lipinski definition) is 3. The number of amides is 2. The summed E-state index contributed by atoms with van der Waals surface area (Å²) < 4.78 is 0.706. The second-order valence-electron chi connectivity index (χ2n) is 4.16. The minimum absolute atomic E-state index is 0.0918. The summed E-state index contributed by atoms with van der Waals surface area (Å²) in [6.07, 6.45) is 1.11. The Morgan fingerprint density at radius 1 is 1.56 bits per heavy atom. The molecule has 0 aliphatic heterocycles. The van der Waals surface area contributed by atoms with Crippen molar-refractivity contribution in [3.63, 3.8) is 0 Å². The predicted octanol–water partition coefficient (Wildman–Crippen LogP) is 2.92. The average molecular weight is 291 g/mol. The summed E-state index contributed by atoms with van der Waals surface area (Å²) >= 11 is 7.28. The maximum atomic E-state index is 11.6. The maximum Gasteiger partial charge on any atom is 0.315 e. The molecule has 4 nitrogen and oxygen atoms in total. The number of hydrogen-bond donors (Lipinski definition) is 3. The number of carbonyl (C=O) groups is 1. The zero-order valence-electron chi connectivity index (χ0n) is 10.6. The SMILES string of the molecule is CCCC(O)CNC(=O)NC(C)c1ccc(Cl)s1. The van der Waals surface area contributed by atoms with E-state index >= 15 is 0 Å². The minimum Gasteiger partial charge on any atom is -0.391 e. The van der Waals surface area contributed by atoms with Crippen molar-refractivity contribution in [3.8, 4) is 0 Å².